The Labute approximate surface area is 124 Å². The molecule has 5 heteroatoms. The van der Waals surface area contributed by atoms with Crippen LogP contribution in [0.3, 0.4) is 0 Å². The summed E-state index contributed by atoms with van der Waals surface area (Å²) in [5.74, 6) is 1.46. The molecule has 1 aromatic rings. The van der Waals surface area contributed by atoms with Gasteiger partial charge in [0.25, 0.3) is 0 Å². The maximum absolute atomic E-state index is 12.2. The second-order valence-corrected chi connectivity index (χ2v) is 6.71. The van der Waals surface area contributed by atoms with Crippen LogP contribution in [0.15, 0.2) is 0 Å². The summed E-state index contributed by atoms with van der Waals surface area (Å²) in [7, 11) is 1.62. The maximum Gasteiger partial charge on any atom is 0.177 e. The number of methoxy groups -OCH3 is 1. The number of Topliss-reactive ketones (excluding diaryl/α,β-unsaturated/α-hetero) is 1. The number of carbonyl (C=O) groups is 1. The van der Waals surface area contributed by atoms with Gasteiger partial charge in [-0.3, -0.25) is 4.79 Å². The van der Waals surface area contributed by atoms with Gasteiger partial charge in [0.2, 0.25) is 0 Å². The third-order valence-electron chi connectivity index (χ3n) is 3.98. The van der Waals surface area contributed by atoms with Gasteiger partial charge in [-0.2, -0.15) is 0 Å². The van der Waals surface area contributed by atoms with Crippen LogP contribution in [-0.2, 0) is 0 Å². The van der Waals surface area contributed by atoms with Crippen molar-refractivity contribution in [3.05, 3.63) is 4.88 Å². The van der Waals surface area contributed by atoms with E-state index in [2.05, 4.69) is 11.8 Å². The molecule has 1 aliphatic heterocycles. The zero-order valence-electron chi connectivity index (χ0n) is 12.7. The van der Waals surface area contributed by atoms with Crippen LogP contribution in [-0.4, -0.2) is 26.0 Å². The van der Waals surface area contributed by atoms with Crippen LogP contribution >= 0.6 is 11.3 Å². The quantitative estimate of drug-likeness (QED) is 0.846. The van der Waals surface area contributed by atoms with E-state index in [1.807, 2.05) is 13.8 Å². The van der Waals surface area contributed by atoms with Crippen LogP contribution < -0.4 is 15.4 Å². The topological polar surface area (TPSA) is 55.6 Å². The van der Waals surface area contributed by atoms with Gasteiger partial charge in [0.1, 0.15) is 5.00 Å². The highest BCUT2D eigenvalue weighted by atomic mass is 32.1. The Hall–Kier alpha value is -1.23. The molecule has 1 unspecified atom stereocenters. The van der Waals surface area contributed by atoms with Crippen LogP contribution in [0, 0.1) is 11.8 Å². The number of thiophene rings is 1. The van der Waals surface area contributed by atoms with Crippen LogP contribution in [0.5, 0.6) is 5.75 Å². The van der Waals surface area contributed by atoms with E-state index >= 15 is 0 Å². The van der Waals surface area contributed by atoms with Gasteiger partial charge in [0.15, 0.2) is 11.5 Å². The van der Waals surface area contributed by atoms with Gasteiger partial charge < -0.3 is 15.4 Å². The smallest absolute Gasteiger partial charge is 0.177 e. The van der Waals surface area contributed by atoms with E-state index in [0.717, 1.165) is 24.0 Å². The van der Waals surface area contributed by atoms with Crippen molar-refractivity contribution in [1.82, 2.24) is 0 Å². The summed E-state index contributed by atoms with van der Waals surface area (Å²) in [6, 6.07) is 0. The number of ketones is 1. The number of hydrogen-bond donors (Lipinski definition) is 1. The molecular weight excluding hydrogens is 272 g/mol. The number of carbonyl (C=O) groups excluding carboxylic acids is 1. The van der Waals surface area contributed by atoms with E-state index < -0.39 is 0 Å². The lowest BCUT2D eigenvalue weighted by Gasteiger charge is -2.17. The molecule has 1 aliphatic rings. The molecule has 112 valence electrons. The van der Waals surface area contributed by atoms with Crippen molar-refractivity contribution in [3.8, 4) is 5.75 Å². The molecule has 0 amide bonds. The molecule has 4 nitrogen and oxygen atoms in total. The van der Waals surface area contributed by atoms with Crippen molar-refractivity contribution in [2.75, 3.05) is 30.8 Å². The summed E-state index contributed by atoms with van der Waals surface area (Å²) >= 11 is 1.48. The molecule has 2 rings (SSSR count). The standard InChI is InChI=1S/C15H24N2O2S/c1-5-10-6-7-17(8-10)15-13(19-4)11(16)14(20-15)12(18)9(2)3/h9-10H,5-8,16H2,1-4H3. The molecule has 0 aromatic carbocycles. The fourth-order valence-corrected chi connectivity index (χ4v) is 3.93. The first-order chi connectivity index (χ1) is 9.49. The molecule has 0 spiro atoms. The number of ether oxygens (including phenoxy) is 1. The van der Waals surface area contributed by atoms with Crippen molar-refractivity contribution in [2.24, 2.45) is 11.8 Å². The van der Waals surface area contributed by atoms with Crippen LogP contribution in [0.25, 0.3) is 0 Å². The predicted molar refractivity (Wildman–Crippen MR) is 85.1 cm³/mol. The van der Waals surface area contributed by atoms with Gasteiger partial charge in [-0.15, -0.1) is 11.3 Å². The average Bonchev–Trinajstić information content (AvgIpc) is 3.01. The van der Waals surface area contributed by atoms with E-state index in [1.165, 1.54) is 24.2 Å². The van der Waals surface area contributed by atoms with Gasteiger partial charge in [0.05, 0.1) is 17.7 Å². The van der Waals surface area contributed by atoms with Crippen molar-refractivity contribution in [1.29, 1.82) is 0 Å². The Morgan fingerprint density at radius 3 is 2.75 bits per heavy atom. The second-order valence-electron chi connectivity index (χ2n) is 5.71. The number of nitrogens with two attached hydrogens (primary N) is 1. The SMILES string of the molecule is CCC1CCN(c2sc(C(=O)C(C)C)c(N)c2OC)C1. The summed E-state index contributed by atoms with van der Waals surface area (Å²) in [5.41, 5.74) is 6.63. The molecule has 0 saturated carbocycles. The van der Waals surface area contributed by atoms with Crippen LogP contribution in [0.2, 0.25) is 0 Å². The third kappa shape index (κ3) is 2.64. The Bertz CT molecular complexity index is 496. The number of nitrogens with zero attached hydrogens (tertiary/aromatic N) is 1. The predicted octanol–water partition coefficient (Wildman–Crippen LogP) is 3.41. The molecule has 1 fully saturated rings. The van der Waals surface area contributed by atoms with Crippen molar-refractivity contribution < 1.29 is 9.53 Å². The second kappa shape index (κ2) is 6.04. The Kier molecular flexibility index (Phi) is 4.58. The van der Waals surface area contributed by atoms with Gasteiger partial charge in [-0.25, -0.2) is 0 Å². The lowest BCUT2D eigenvalue weighted by atomic mass is 10.1. The minimum Gasteiger partial charge on any atom is -0.492 e. The minimum absolute atomic E-state index is 0.0459. The lowest BCUT2D eigenvalue weighted by Crippen LogP contribution is -2.18. The summed E-state index contributed by atoms with van der Waals surface area (Å²) < 4.78 is 5.46. The largest absolute Gasteiger partial charge is 0.492 e. The Balaban J connectivity index is 2.34. The third-order valence-corrected chi connectivity index (χ3v) is 5.25. The summed E-state index contributed by atoms with van der Waals surface area (Å²) in [5, 5.41) is 1.02. The average molecular weight is 296 g/mol. The Morgan fingerprint density at radius 2 is 2.25 bits per heavy atom. The molecular formula is C15H24N2O2S. The highest BCUT2D eigenvalue weighted by molar-refractivity contribution is 7.19. The molecule has 0 aliphatic carbocycles. The number of nitrogen functional groups attached to an aromatic ring is 1. The van der Waals surface area contributed by atoms with E-state index in [9.17, 15) is 4.79 Å². The first kappa shape index (κ1) is 15.2. The molecule has 0 radical (unpaired) electrons. The summed E-state index contributed by atoms with van der Waals surface area (Å²) in [4.78, 5) is 15.2. The number of hydrogen-bond acceptors (Lipinski definition) is 5. The minimum atomic E-state index is -0.0459. The van der Waals surface area contributed by atoms with Gasteiger partial charge >= 0.3 is 0 Å². The number of anilines is 2. The fraction of sp³-hybridized carbons (Fsp3) is 0.667. The van der Waals surface area contributed by atoms with E-state index in [4.69, 9.17) is 10.5 Å². The monoisotopic (exact) mass is 296 g/mol. The molecule has 2 N–H and O–H groups in total. The lowest BCUT2D eigenvalue weighted by molar-refractivity contribution is 0.0944. The van der Waals surface area contributed by atoms with Crippen molar-refractivity contribution >= 4 is 27.8 Å². The first-order valence-electron chi connectivity index (χ1n) is 7.24. The highest BCUT2D eigenvalue weighted by Crippen LogP contribution is 2.47. The van der Waals surface area contributed by atoms with Crippen LogP contribution in [0.1, 0.15) is 43.3 Å². The zero-order chi connectivity index (χ0) is 14.9. The zero-order valence-corrected chi connectivity index (χ0v) is 13.5. The van der Waals surface area contributed by atoms with Gasteiger partial charge in [0, 0.05) is 19.0 Å². The Morgan fingerprint density at radius 1 is 1.55 bits per heavy atom. The van der Waals surface area contributed by atoms with E-state index in [0.29, 0.717) is 16.3 Å². The molecule has 1 aromatic heterocycles. The maximum atomic E-state index is 12.2. The molecule has 20 heavy (non-hydrogen) atoms. The number of rotatable bonds is 5. The van der Waals surface area contributed by atoms with E-state index in [1.54, 1.807) is 7.11 Å². The fourth-order valence-electron chi connectivity index (χ4n) is 2.62. The van der Waals surface area contributed by atoms with Gasteiger partial charge in [-0.1, -0.05) is 27.2 Å². The van der Waals surface area contributed by atoms with E-state index in [-0.39, 0.29) is 11.7 Å². The van der Waals surface area contributed by atoms with Crippen molar-refractivity contribution in [2.45, 2.75) is 33.6 Å². The normalized spacial score (nSPS) is 18.9. The first-order valence-corrected chi connectivity index (χ1v) is 8.06. The highest BCUT2D eigenvalue weighted by Gasteiger charge is 2.30. The molecule has 2 heterocycles. The molecule has 1 saturated heterocycles. The van der Waals surface area contributed by atoms with Crippen LogP contribution in [0.4, 0.5) is 10.7 Å². The molecule has 1 atom stereocenters. The van der Waals surface area contributed by atoms with Crippen molar-refractivity contribution in [3.63, 3.8) is 0 Å². The van der Waals surface area contributed by atoms with Gasteiger partial charge in [-0.05, 0) is 12.3 Å². The summed E-state index contributed by atoms with van der Waals surface area (Å²) in [6.45, 7) is 8.07. The summed E-state index contributed by atoms with van der Waals surface area (Å²) in [6.07, 6.45) is 2.39. The molecule has 0 bridgehead atoms.